The van der Waals surface area contributed by atoms with E-state index in [4.69, 9.17) is 17.3 Å². The molecular formula is C14H20ClN3. The van der Waals surface area contributed by atoms with Crippen LogP contribution in [0.2, 0.25) is 5.02 Å². The Labute approximate surface area is 113 Å². The van der Waals surface area contributed by atoms with E-state index >= 15 is 0 Å². The number of nitrogens with zero attached hydrogens (tertiary/aromatic N) is 2. The minimum Gasteiger partial charge on any atom is -0.327 e. The summed E-state index contributed by atoms with van der Waals surface area (Å²) < 4.78 is 2.22. The Hall–Kier alpha value is -1.06. The molecule has 1 aromatic heterocycles. The van der Waals surface area contributed by atoms with Gasteiger partial charge in [0, 0.05) is 19.0 Å². The number of hydrogen-bond donors (Lipinski definition) is 1. The van der Waals surface area contributed by atoms with E-state index in [1.807, 2.05) is 18.2 Å². The molecule has 0 fully saturated rings. The highest BCUT2D eigenvalue weighted by atomic mass is 35.5. The molecule has 0 aliphatic rings. The highest BCUT2D eigenvalue weighted by Crippen LogP contribution is 2.25. The quantitative estimate of drug-likeness (QED) is 0.901. The standard InChI is InChI=1S/C14H20ClN3/c1-3-8-18-13(9-10(16)4-2)17-12-7-5-6-11(15)14(12)18/h5-7,10H,3-4,8-9,16H2,1-2H3. The molecule has 0 aliphatic carbocycles. The van der Waals surface area contributed by atoms with Crippen LogP contribution in [0.5, 0.6) is 0 Å². The second kappa shape index (κ2) is 5.72. The van der Waals surface area contributed by atoms with Crippen LogP contribution >= 0.6 is 11.6 Å². The van der Waals surface area contributed by atoms with Crippen molar-refractivity contribution >= 4 is 22.6 Å². The summed E-state index contributed by atoms with van der Waals surface area (Å²) in [7, 11) is 0. The molecule has 0 spiro atoms. The Morgan fingerprint density at radius 3 is 2.83 bits per heavy atom. The van der Waals surface area contributed by atoms with Gasteiger partial charge in [0.2, 0.25) is 0 Å². The predicted molar refractivity (Wildman–Crippen MR) is 77.0 cm³/mol. The zero-order valence-corrected chi connectivity index (χ0v) is 11.7. The summed E-state index contributed by atoms with van der Waals surface area (Å²) in [6, 6.07) is 6.03. The van der Waals surface area contributed by atoms with Crippen LogP contribution in [0.25, 0.3) is 11.0 Å². The number of rotatable bonds is 5. The number of aryl methyl sites for hydroxylation is 1. The highest BCUT2D eigenvalue weighted by Gasteiger charge is 2.14. The van der Waals surface area contributed by atoms with Gasteiger partial charge in [-0.3, -0.25) is 0 Å². The summed E-state index contributed by atoms with van der Waals surface area (Å²) in [5.74, 6) is 1.05. The van der Waals surface area contributed by atoms with Crippen LogP contribution in [0.4, 0.5) is 0 Å². The first-order valence-corrected chi connectivity index (χ1v) is 6.94. The van der Waals surface area contributed by atoms with Gasteiger partial charge in [-0.2, -0.15) is 0 Å². The molecule has 0 radical (unpaired) electrons. The molecule has 0 aliphatic heterocycles. The first kappa shape index (κ1) is 13.4. The van der Waals surface area contributed by atoms with Gasteiger partial charge < -0.3 is 10.3 Å². The second-order valence-corrected chi connectivity index (χ2v) is 5.07. The average Bonchev–Trinajstić information content (AvgIpc) is 2.69. The van der Waals surface area contributed by atoms with Gasteiger partial charge in [0.15, 0.2) is 0 Å². The number of hydrogen-bond acceptors (Lipinski definition) is 2. The summed E-state index contributed by atoms with van der Waals surface area (Å²) >= 11 is 6.29. The summed E-state index contributed by atoms with van der Waals surface area (Å²) in [5, 5.41) is 0.768. The molecule has 98 valence electrons. The monoisotopic (exact) mass is 265 g/mol. The lowest BCUT2D eigenvalue weighted by Crippen LogP contribution is -2.23. The van der Waals surface area contributed by atoms with Crippen molar-refractivity contribution in [2.75, 3.05) is 0 Å². The third-order valence-corrected chi connectivity index (χ3v) is 3.52. The lowest BCUT2D eigenvalue weighted by Gasteiger charge is -2.11. The van der Waals surface area contributed by atoms with E-state index in [-0.39, 0.29) is 6.04 Å². The van der Waals surface area contributed by atoms with Crippen molar-refractivity contribution in [3.63, 3.8) is 0 Å². The van der Waals surface area contributed by atoms with Crippen LogP contribution in [0.1, 0.15) is 32.5 Å². The Bertz CT molecular complexity index is 533. The van der Waals surface area contributed by atoms with Crippen molar-refractivity contribution in [1.29, 1.82) is 0 Å². The van der Waals surface area contributed by atoms with E-state index in [9.17, 15) is 0 Å². The van der Waals surface area contributed by atoms with Gasteiger partial charge in [0.25, 0.3) is 0 Å². The molecule has 18 heavy (non-hydrogen) atoms. The molecule has 0 saturated heterocycles. The maximum Gasteiger partial charge on any atom is 0.111 e. The summed E-state index contributed by atoms with van der Waals surface area (Å²) in [6.07, 6.45) is 2.83. The van der Waals surface area contributed by atoms with Crippen LogP contribution in [-0.2, 0) is 13.0 Å². The number of halogens is 1. The van der Waals surface area contributed by atoms with E-state index in [2.05, 4.69) is 23.4 Å². The maximum atomic E-state index is 6.29. The molecule has 2 N–H and O–H groups in total. The molecule has 0 amide bonds. The van der Waals surface area contributed by atoms with Crippen LogP contribution < -0.4 is 5.73 Å². The minimum absolute atomic E-state index is 0.163. The first-order valence-electron chi connectivity index (χ1n) is 6.56. The van der Waals surface area contributed by atoms with Crippen molar-refractivity contribution in [2.45, 2.75) is 45.7 Å². The lowest BCUT2D eigenvalue weighted by atomic mass is 10.1. The van der Waals surface area contributed by atoms with Gasteiger partial charge >= 0.3 is 0 Å². The van der Waals surface area contributed by atoms with Crippen molar-refractivity contribution in [3.8, 4) is 0 Å². The maximum absolute atomic E-state index is 6.29. The molecule has 1 heterocycles. The van der Waals surface area contributed by atoms with Crippen LogP contribution in [0.15, 0.2) is 18.2 Å². The van der Waals surface area contributed by atoms with Crippen LogP contribution in [0.3, 0.4) is 0 Å². The molecule has 0 saturated carbocycles. The highest BCUT2D eigenvalue weighted by molar-refractivity contribution is 6.35. The Balaban J connectivity index is 2.51. The third kappa shape index (κ3) is 2.52. The normalized spacial score (nSPS) is 13.1. The van der Waals surface area contributed by atoms with E-state index in [1.54, 1.807) is 0 Å². The van der Waals surface area contributed by atoms with Gasteiger partial charge in [-0.25, -0.2) is 4.98 Å². The Morgan fingerprint density at radius 2 is 2.17 bits per heavy atom. The van der Waals surface area contributed by atoms with E-state index in [0.29, 0.717) is 0 Å². The molecule has 4 heteroatoms. The Morgan fingerprint density at radius 1 is 1.39 bits per heavy atom. The first-order chi connectivity index (χ1) is 8.67. The fourth-order valence-electron chi connectivity index (χ4n) is 2.19. The zero-order chi connectivity index (χ0) is 13.1. The number of benzene rings is 1. The molecular weight excluding hydrogens is 246 g/mol. The number of imidazole rings is 1. The SMILES string of the molecule is CCCn1c(CC(N)CC)nc2cccc(Cl)c21. The summed E-state index contributed by atoms with van der Waals surface area (Å²) in [5.41, 5.74) is 8.05. The van der Waals surface area contributed by atoms with E-state index in [1.165, 1.54) is 0 Å². The van der Waals surface area contributed by atoms with Crippen LogP contribution in [-0.4, -0.2) is 15.6 Å². The predicted octanol–water partition coefficient (Wildman–Crippen LogP) is 3.38. The number of nitrogens with two attached hydrogens (primary N) is 1. The molecule has 2 rings (SSSR count). The van der Waals surface area contributed by atoms with Gasteiger partial charge in [-0.15, -0.1) is 0 Å². The zero-order valence-electron chi connectivity index (χ0n) is 11.0. The average molecular weight is 266 g/mol. The van der Waals surface area contributed by atoms with E-state index < -0.39 is 0 Å². The van der Waals surface area contributed by atoms with Gasteiger partial charge in [-0.05, 0) is 25.0 Å². The second-order valence-electron chi connectivity index (χ2n) is 4.66. The molecule has 2 aromatic rings. The van der Waals surface area contributed by atoms with Crippen LogP contribution in [0, 0.1) is 0 Å². The topological polar surface area (TPSA) is 43.8 Å². The molecule has 1 unspecified atom stereocenters. The smallest absolute Gasteiger partial charge is 0.111 e. The largest absolute Gasteiger partial charge is 0.327 e. The van der Waals surface area contributed by atoms with Crippen molar-refractivity contribution in [3.05, 3.63) is 29.0 Å². The summed E-state index contributed by atoms with van der Waals surface area (Å²) in [4.78, 5) is 4.68. The third-order valence-electron chi connectivity index (χ3n) is 3.21. The fourth-order valence-corrected chi connectivity index (χ4v) is 2.46. The van der Waals surface area contributed by atoms with Crippen molar-refractivity contribution < 1.29 is 0 Å². The van der Waals surface area contributed by atoms with E-state index in [0.717, 1.165) is 47.7 Å². The number of para-hydroxylation sites is 1. The Kier molecular flexibility index (Phi) is 4.25. The lowest BCUT2D eigenvalue weighted by molar-refractivity contribution is 0.582. The molecule has 1 aromatic carbocycles. The number of fused-ring (bicyclic) bond motifs is 1. The fraction of sp³-hybridized carbons (Fsp3) is 0.500. The van der Waals surface area contributed by atoms with Gasteiger partial charge in [0.1, 0.15) is 5.82 Å². The molecule has 3 nitrogen and oxygen atoms in total. The van der Waals surface area contributed by atoms with Gasteiger partial charge in [0.05, 0.1) is 16.1 Å². The molecule has 1 atom stereocenters. The summed E-state index contributed by atoms with van der Waals surface area (Å²) in [6.45, 7) is 5.20. The molecule has 0 bridgehead atoms. The van der Waals surface area contributed by atoms with Gasteiger partial charge in [-0.1, -0.05) is 31.5 Å². The van der Waals surface area contributed by atoms with Crippen molar-refractivity contribution in [2.24, 2.45) is 5.73 Å². The van der Waals surface area contributed by atoms with Crippen molar-refractivity contribution in [1.82, 2.24) is 9.55 Å². The number of aromatic nitrogens is 2. The minimum atomic E-state index is 0.163.